The van der Waals surface area contributed by atoms with E-state index in [2.05, 4.69) is 0 Å². The average Bonchev–Trinajstić information content (AvgIpc) is 1.63. The van der Waals surface area contributed by atoms with Gasteiger partial charge >= 0.3 is 37.2 Å². The third kappa shape index (κ3) is 11.9. The maximum absolute atomic E-state index is 10.2. The van der Waals surface area contributed by atoms with E-state index in [1.165, 1.54) is 0 Å². The molecule has 0 rings (SSSR count). The van der Waals surface area contributed by atoms with Crippen LogP contribution in [0.25, 0.3) is 0 Å². The number of rotatable bonds is 4. The Morgan fingerprint density at radius 1 is 1.30 bits per heavy atom. The first-order valence-electron chi connectivity index (χ1n) is 3.11. The van der Waals surface area contributed by atoms with Crippen LogP contribution in [0.4, 0.5) is 0 Å². The Labute approximate surface area is 83.7 Å². The molecule has 0 unspecified atom stereocenters. The van der Waals surface area contributed by atoms with Gasteiger partial charge in [0.2, 0.25) is 0 Å². The van der Waals surface area contributed by atoms with Gasteiger partial charge in [0, 0.05) is 6.16 Å². The fourth-order valence-corrected chi connectivity index (χ4v) is 1.20. The zero-order chi connectivity index (χ0) is 7.33. The first-order chi connectivity index (χ1) is 4.06. The van der Waals surface area contributed by atoms with Crippen LogP contribution in [0, 0.1) is 0 Å². The Morgan fingerprint density at radius 2 is 1.80 bits per heavy atom. The van der Waals surface area contributed by atoms with Crippen LogP contribution in [0.1, 0.15) is 26.2 Å². The molecule has 0 aromatic rings. The van der Waals surface area contributed by atoms with Crippen LogP contribution in [0.5, 0.6) is 0 Å². The summed E-state index contributed by atoms with van der Waals surface area (Å²) in [6, 6.07) is 0. The molecule has 0 amide bonds. The summed E-state index contributed by atoms with van der Waals surface area (Å²) >= 11 is 0. The van der Waals surface area contributed by atoms with Crippen molar-refractivity contribution in [2.24, 2.45) is 0 Å². The number of hydrogen-bond donors (Lipinski definition) is 2. The summed E-state index contributed by atoms with van der Waals surface area (Å²) in [6.45, 7) is 2.00. The van der Waals surface area contributed by atoms with Crippen molar-refractivity contribution in [1.29, 1.82) is 0 Å². The molecule has 0 heterocycles. The van der Waals surface area contributed by atoms with Gasteiger partial charge in [0.15, 0.2) is 0 Å². The second-order valence-electron chi connectivity index (χ2n) is 2.10. The summed E-state index contributed by atoms with van der Waals surface area (Å²) in [5.74, 6) is 0. The van der Waals surface area contributed by atoms with E-state index in [1.54, 1.807) is 0 Å². The number of unbranched alkanes of at least 4 members (excludes halogenated alkanes) is 2. The van der Waals surface area contributed by atoms with Gasteiger partial charge in [-0.1, -0.05) is 19.8 Å². The molecule has 0 aromatic carbocycles. The third-order valence-corrected chi connectivity index (χ3v) is 1.95. The molecule has 58 valence electrons. The normalized spacial score (nSPS) is 10.7. The Kier molecular flexibility index (Phi) is 9.38. The van der Waals surface area contributed by atoms with Gasteiger partial charge < -0.3 is 9.79 Å². The van der Waals surface area contributed by atoms with E-state index in [0.29, 0.717) is 6.42 Å². The molecular formula is C5H14NaO3P. The van der Waals surface area contributed by atoms with Crippen molar-refractivity contribution in [3.63, 3.8) is 0 Å². The predicted octanol–water partition coefficient (Wildman–Crippen LogP) is 0.706. The van der Waals surface area contributed by atoms with Gasteiger partial charge in [-0.2, -0.15) is 0 Å². The van der Waals surface area contributed by atoms with E-state index in [4.69, 9.17) is 9.79 Å². The van der Waals surface area contributed by atoms with Crippen molar-refractivity contribution in [2.45, 2.75) is 26.2 Å². The van der Waals surface area contributed by atoms with Crippen LogP contribution in [0.2, 0.25) is 0 Å². The molecule has 0 aromatic heterocycles. The van der Waals surface area contributed by atoms with E-state index in [1.807, 2.05) is 6.92 Å². The molecule has 0 saturated heterocycles. The van der Waals surface area contributed by atoms with Gasteiger partial charge in [0.25, 0.3) is 0 Å². The molecule has 0 atom stereocenters. The molecular weight excluding hydrogens is 162 g/mol. The zero-order valence-corrected chi connectivity index (χ0v) is 6.47. The Hall–Kier alpha value is 1.15. The topological polar surface area (TPSA) is 57.5 Å². The minimum atomic E-state index is -3.70. The molecule has 0 radical (unpaired) electrons. The van der Waals surface area contributed by atoms with E-state index >= 15 is 0 Å². The van der Waals surface area contributed by atoms with Gasteiger partial charge in [-0.05, 0) is 6.42 Å². The van der Waals surface area contributed by atoms with Crippen molar-refractivity contribution in [2.75, 3.05) is 6.16 Å². The molecule has 0 spiro atoms. The van der Waals surface area contributed by atoms with Crippen LogP contribution in [0.3, 0.4) is 0 Å². The molecule has 0 saturated carbocycles. The van der Waals surface area contributed by atoms with Crippen molar-refractivity contribution >= 4 is 37.2 Å². The fourth-order valence-electron chi connectivity index (χ4n) is 0.568. The maximum atomic E-state index is 10.2. The third-order valence-electron chi connectivity index (χ3n) is 1.05. The van der Waals surface area contributed by atoms with Crippen LogP contribution >= 0.6 is 7.60 Å². The SMILES string of the molecule is CCCCCP(=O)(O)O.[NaH]. The van der Waals surface area contributed by atoms with E-state index < -0.39 is 7.60 Å². The Morgan fingerprint density at radius 3 is 2.10 bits per heavy atom. The summed E-state index contributed by atoms with van der Waals surface area (Å²) in [5.41, 5.74) is 0. The van der Waals surface area contributed by atoms with E-state index in [0.717, 1.165) is 12.8 Å². The molecule has 5 heteroatoms. The first-order valence-corrected chi connectivity index (χ1v) is 4.90. The molecule has 0 fully saturated rings. The summed E-state index contributed by atoms with van der Waals surface area (Å²) in [6.07, 6.45) is 2.59. The summed E-state index contributed by atoms with van der Waals surface area (Å²) in [5, 5.41) is 0. The molecule has 3 nitrogen and oxygen atoms in total. The first kappa shape index (κ1) is 13.7. The van der Waals surface area contributed by atoms with Gasteiger partial charge in [-0.25, -0.2) is 0 Å². The Bertz CT molecular complexity index is 111. The minimum absolute atomic E-state index is 0. The van der Waals surface area contributed by atoms with Gasteiger partial charge in [0.05, 0.1) is 0 Å². The second-order valence-corrected chi connectivity index (χ2v) is 3.87. The molecule has 0 aliphatic rings. The second kappa shape index (κ2) is 6.84. The van der Waals surface area contributed by atoms with Gasteiger partial charge in [0.1, 0.15) is 0 Å². The molecule has 0 bridgehead atoms. The van der Waals surface area contributed by atoms with Crippen molar-refractivity contribution in [1.82, 2.24) is 0 Å². The van der Waals surface area contributed by atoms with Crippen LogP contribution in [0.15, 0.2) is 0 Å². The summed E-state index contributed by atoms with van der Waals surface area (Å²) < 4.78 is 10.2. The van der Waals surface area contributed by atoms with Gasteiger partial charge in [-0.3, -0.25) is 4.57 Å². The quantitative estimate of drug-likeness (QED) is 0.376. The van der Waals surface area contributed by atoms with Crippen molar-refractivity contribution in [3.8, 4) is 0 Å². The van der Waals surface area contributed by atoms with Crippen LogP contribution < -0.4 is 0 Å². The summed E-state index contributed by atoms with van der Waals surface area (Å²) in [7, 11) is -3.70. The number of hydrogen-bond acceptors (Lipinski definition) is 1. The zero-order valence-electron chi connectivity index (χ0n) is 5.58. The molecule has 0 aliphatic carbocycles. The Balaban J connectivity index is 0. The van der Waals surface area contributed by atoms with Crippen molar-refractivity contribution < 1.29 is 14.4 Å². The fraction of sp³-hybridized carbons (Fsp3) is 1.00. The molecule has 2 N–H and O–H groups in total. The van der Waals surface area contributed by atoms with Crippen LogP contribution in [-0.4, -0.2) is 45.5 Å². The van der Waals surface area contributed by atoms with Gasteiger partial charge in [-0.15, -0.1) is 0 Å². The standard InChI is InChI=1S/C5H13O3P.Na.H/c1-2-3-4-5-9(6,7)8;;/h2-5H2,1H3,(H2,6,7,8);;. The van der Waals surface area contributed by atoms with Crippen molar-refractivity contribution in [3.05, 3.63) is 0 Å². The summed E-state index contributed by atoms with van der Waals surface area (Å²) in [4.78, 5) is 16.7. The van der Waals surface area contributed by atoms with E-state index in [9.17, 15) is 4.57 Å². The van der Waals surface area contributed by atoms with Crippen LogP contribution in [-0.2, 0) is 4.57 Å². The molecule has 0 aliphatic heterocycles. The molecule has 10 heavy (non-hydrogen) atoms. The average molecular weight is 176 g/mol. The van der Waals surface area contributed by atoms with E-state index in [-0.39, 0.29) is 35.7 Å². The predicted molar refractivity (Wildman–Crippen MR) is 43.6 cm³/mol. The monoisotopic (exact) mass is 176 g/mol.